The van der Waals surface area contributed by atoms with Gasteiger partial charge in [0.2, 0.25) is 5.88 Å². The molecule has 1 aromatic heterocycles. The molecular formula is C14H21NO2. The molecule has 3 nitrogen and oxygen atoms in total. The number of methoxy groups -OCH3 is 1. The molecule has 1 aliphatic rings. The normalized spacial score (nSPS) is 19.6. The average molecular weight is 235 g/mol. The minimum Gasteiger partial charge on any atom is -0.481 e. The summed E-state index contributed by atoms with van der Waals surface area (Å²) in [6.07, 6.45) is 8.73. The molecule has 1 fully saturated rings. The Morgan fingerprint density at radius 2 is 1.94 bits per heavy atom. The minimum absolute atomic E-state index is 0.369. The lowest BCUT2D eigenvalue weighted by molar-refractivity contribution is 0.0984. The van der Waals surface area contributed by atoms with Gasteiger partial charge in [0.05, 0.1) is 13.2 Å². The van der Waals surface area contributed by atoms with Gasteiger partial charge < -0.3 is 9.84 Å². The second kappa shape index (κ2) is 6.01. The lowest BCUT2D eigenvalue weighted by Crippen LogP contribution is -2.12. The van der Waals surface area contributed by atoms with Crippen LogP contribution in [0.5, 0.6) is 5.88 Å². The number of ether oxygens (including phenoxy) is 1. The zero-order valence-corrected chi connectivity index (χ0v) is 10.4. The van der Waals surface area contributed by atoms with E-state index in [0.29, 0.717) is 11.8 Å². The Labute approximate surface area is 103 Å². The van der Waals surface area contributed by atoms with E-state index >= 15 is 0 Å². The number of rotatable bonds is 3. The van der Waals surface area contributed by atoms with Gasteiger partial charge in [-0.05, 0) is 30.4 Å². The lowest BCUT2D eigenvalue weighted by Gasteiger charge is -2.21. The van der Waals surface area contributed by atoms with Crippen LogP contribution in [0.15, 0.2) is 18.3 Å². The fraction of sp³-hybridized carbons (Fsp3) is 0.643. The third kappa shape index (κ3) is 3.19. The SMILES string of the molecule is COc1ccc(C(O)C2CCCCCC2)cn1. The molecule has 1 saturated carbocycles. The zero-order chi connectivity index (χ0) is 12.1. The van der Waals surface area contributed by atoms with Crippen LogP contribution in [-0.2, 0) is 0 Å². The first-order chi connectivity index (χ1) is 8.31. The van der Waals surface area contributed by atoms with Crippen LogP contribution >= 0.6 is 0 Å². The van der Waals surface area contributed by atoms with Crippen LogP contribution in [0.4, 0.5) is 0 Å². The molecule has 1 unspecified atom stereocenters. The number of nitrogens with zero attached hydrogens (tertiary/aromatic N) is 1. The van der Waals surface area contributed by atoms with E-state index in [1.165, 1.54) is 25.7 Å². The molecule has 0 bridgehead atoms. The van der Waals surface area contributed by atoms with Crippen molar-refractivity contribution in [3.63, 3.8) is 0 Å². The number of hydrogen-bond donors (Lipinski definition) is 1. The van der Waals surface area contributed by atoms with Crippen molar-refractivity contribution in [1.29, 1.82) is 0 Å². The molecule has 1 atom stereocenters. The fourth-order valence-corrected chi connectivity index (χ4v) is 2.59. The van der Waals surface area contributed by atoms with Crippen molar-refractivity contribution in [3.8, 4) is 5.88 Å². The van der Waals surface area contributed by atoms with Gasteiger partial charge in [0.25, 0.3) is 0 Å². The van der Waals surface area contributed by atoms with Gasteiger partial charge in [-0.15, -0.1) is 0 Å². The summed E-state index contributed by atoms with van der Waals surface area (Å²) in [5.41, 5.74) is 0.915. The second-order valence-corrected chi connectivity index (χ2v) is 4.83. The van der Waals surface area contributed by atoms with Gasteiger partial charge in [-0.25, -0.2) is 4.98 Å². The Bertz CT molecular complexity index is 329. The molecular weight excluding hydrogens is 214 g/mol. The summed E-state index contributed by atoms with van der Waals surface area (Å²) >= 11 is 0. The van der Waals surface area contributed by atoms with E-state index in [0.717, 1.165) is 18.4 Å². The van der Waals surface area contributed by atoms with Crippen molar-refractivity contribution >= 4 is 0 Å². The number of aliphatic hydroxyl groups is 1. The smallest absolute Gasteiger partial charge is 0.212 e. The maximum atomic E-state index is 10.4. The highest BCUT2D eigenvalue weighted by molar-refractivity contribution is 5.20. The molecule has 17 heavy (non-hydrogen) atoms. The van der Waals surface area contributed by atoms with Crippen molar-refractivity contribution in [2.45, 2.75) is 44.6 Å². The first kappa shape index (κ1) is 12.4. The van der Waals surface area contributed by atoms with Gasteiger partial charge in [0.15, 0.2) is 0 Å². The summed E-state index contributed by atoms with van der Waals surface area (Å²) in [6.45, 7) is 0. The maximum Gasteiger partial charge on any atom is 0.212 e. The summed E-state index contributed by atoms with van der Waals surface area (Å²) in [5, 5.41) is 10.4. The first-order valence-electron chi connectivity index (χ1n) is 6.49. The Morgan fingerprint density at radius 3 is 2.47 bits per heavy atom. The number of aromatic nitrogens is 1. The predicted molar refractivity (Wildman–Crippen MR) is 66.9 cm³/mol. The topological polar surface area (TPSA) is 42.4 Å². The van der Waals surface area contributed by atoms with E-state index in [-0.39, 0.29) is 6.10 Å². The monoisotopic (exact) mass is 235 g/mol. The zero-order valence-electron chi connectivity index (χ0n) is 10.4. The Morgan fingerprint density at radius 1 is 1.24 bits per heavy atom. The lowest BCUT2D eigenvalue weighted by atomic mass is 9.90. The highest BCUT2D eigenvalue weighted by Crippen LogP contribution is 2.33. The molecule has 0 amide bonds. The van der Waals surface area contributed by atoms with E-state index in [2.05, 4.69) is 4.98 Å². The van der Waals surface area contributed by atoms with Crippen LogP contribution in [0.3, 0.4) is 0 Å². The minimum atomic E-state index is -0.369. The predicted octanol–water partition coefficient (Wildman–Crippen LogP) is 3.09. The van der Waals surface area contributed by atoms with Crippen LogP contribution in [0.2, 0.25) is 0 Å². The Hall–Kier alpha value is -1.09. The van der Waals surface area contributed by atoms with Crippen molar-refractivity contribution in [2.24, 2.45) is 5.92 Å². The van der Waals surface area contributed by atoms with Gasteiger partial charge in [0.1, 0.15) is 0 Å². The number of hydrogen-bond acceptors (Lipinski definition) is 3. The molecule has 1 aliphatic carbocycles. The van der Waals surface area contributed by atoms with E-state index in [1.807, 2.05) is 12.1 Å². The summed E-state index contributed by atoms with van der Waals surface area (Å²) in [4.78, 5) is 4.15. The Kier molecular flexibility index (Phi) is 4.37. The molecule has 1 N–H and O–H groups in total. The summed E-state index contributed by atoms with van der Waals surface area (Å²) < 4.78 is 5.02. The molecule has 0 saturated heterocycles. The summed E-state index contributed by atoms with van der Waals surface area (Å²) in [7, 11) is 1.60. The molecule has 3 heteroatoms. The van der Waals surface area contributed by atoms with Crippen LogP contribution in [0.25, 0.3) is 0 Å². The van der Waals surface area contributed by atoms with Gasteiger partial charge in [-0.3, -0.25) is 0 Å². The van der Waals surface area contributed by atoms with Gasteiger partial charge >= 0.3 is 0 Å². The molecule has 0 aliphatic heterocycles. The highest BCUT2D eigenvalue weighted by atomic mass is 16.5. The highest BCUT2D eigenvalue weighted by Gasteiger charge is 2.22. The Balaban J connectivity index is 2.03. The molecule has 0 radical (unpaired) electrons. The molecule has 1 heterocycles. The van der Waals surface area contributed by atoms with E-state index in [1.54, 1.807) is 13.3 Å². The number of aliphatic hydroxyl groups excluding tert-OH is 1. The molecule has 1 aromatic rings. The van der Waals surface area contributed by atoms with Crippen LogP contribution in [0.1, 0.15) is 50.2 Å². The first-order valence-corrected chi connectivity index (χ1v) is 6.49. The van der Waals surface area contributed by atoms with Crippen molar-refractivity contribution in [1.82, 2.24) is 4.98 Å². The molecule has 0 spiro atoms. The van der Waals surface area contributed by atoms with Crippen molar-refractivity contribution in [3.05, 3.63) is 23.9 Å². The van der Waals surface area contributed by atoms with E-state index in [9.17, 15) is 5.11 Å². The number of pyridine rings is 1. The fourth-order valence-electron chi connectivity index (χ4n) is 2.59. The van der Waals surface area contributed by atoms with Gasteiger partial charge in [0, 0.05) is 12.3 Å². The van der Waals surface area contributed by atoms with Gasteiger partial charge in [-0.1, -0.05) is 25.7 Å². The third-order valence-corrected chi connectivity index (χ3v) is 3.66. The van der Waals surface area contributed by atoms with Crippen LogP contribution in [0, 0.1) is 5.92 Å². The maximum absolute atomic E-state index is 10.4. The average Bonchev–Trinajstić information content (AvgIpc) is 2.67. The molecule has 2 rings (SSSR count). The van der Waals surface area contributed by atoms with E-state index in [4.69, 9.17) is 4.74 Å². The largest absolute Gasteiger partial charge is 0.481 e. The van der Waals surface area contributed by atoms with Crippen molar-refractivity contribution < 1.29 is 9.84 Å². The standard InChI is InChI=1S/C14H21NO2/c1-17-13-9-8-12(10-15-13)14(16)11-6-4-2-3-5-7-11/h8-11,14,16H,2-7H2,1H3. The van der Waals surface area contributed by atoms with E-state index < -0.39 is 0 Å². The van der Waals surface area contributed by atoms with Crippen LogP contribution < -0.4 is 4.74 Å². The quantitative estimate of drug-likeness (QED) is 0.819. The summed E-state index contributed by atoms with van der Waals surface area (Å²) in [6, 6.07) is 3.73. The van der Waals surface area contributed by atoms with Crippen molar-refractivity contribution in [2.75, 3.05) is 7.11 Å². The third-order valence-electron chi connectivity index (χ3n) is 3.66. The van der Waals surface area contributed by atoms with Gasteiger partial charge in [-0.2, -0.15) is 0 Å². The molecule has 0 aromatic carbocycles. The van der Waals surface area contributed by atoms with Crippen LogP contribution in [-0.4, -0.2) is 17.2 Å². The summed E-state index contributed by atoms with van der Waals surface area (Å²) in [5.74, 6) is 0.995. The second-order valence-electron chi connectivity index (χ2n) is 4.83. The molecule has 94 valence electrons.